The van der Waals surface area contributed by atoms with E-state index in [0.717, 1.165) is 42.5 Å². The van der Waals surface area contributed by atoms with Crippen LogP contribution in [-0.2, 0) is 11.3 Å². The number of alkyl halides is 1. The Labute approximate surface area is 172 Å². The predicted octanol–water partition coefficient (Wildman–Crippen LogP) is 4.26. The normalized spacial score (nSPS) is 17.1. The molecule has 148 valence electrons. The molecule has 28 heavy (non-hydrogen) atoms. The van der Waals surface area contributed by atoms with E-state index < -0.39 is 0 Å². The summed E-state index contributed by atoms with van der Waals surface area (Å²) in [6.07, 6.45) is 2.53. The highest BCUT2D eigenvalue weighted by Gasteiger charge is 2.27. The summed E-state index contributed by atoms with van der Waals surface area (Å²) in [5.74, 6) is 0.00257. The van der Waals surface area contributed by atoms with E-state index in [-0.39, 0.29) is 23.7 Å². The summed E-state index contributed by atoms with van der Waals surface area (Å²) in [6.45, 7) is 3.94. The maximum atomic E-state index is 12.8. The fourth-order valence-corrected chi connectivity index (χ4v) is 3.90. The standard InChI is InChI=1S/C23H27ClN2O2/c1-18-9-11-20(12-10-18)23(28)25-14-5-8-21(13-15-25)26(22(27)16-24)17-19-6-3-2-4-7-19/h2-4,6-7,9-12,21H,5,8,13-17H2,1H3. The molecule has 0 radical (unpaired) electrons. The van der Waals surface area contributed by atoms with E-state index in [0.29, 0.717) is 13.1 Å². The quantitative estimate of drug-likeness (QED) is 0.706. The number of carbonyl (C=O) groups is 2. The van der Waals surface area contributed by atoms with Gasteiger partial charge in [-0.2, -0.15) is 0 Å². The van der Waals surface area contributed by atoms with Crippen LogP contribution in [0.3, 0.4) is 0 Å². The fourth-order valence-electron chi connectivity index (χ4n) is 3.75. The molecule has 0 N–H and O–H groups in total. The first-order chi connectivity index (χ1) is 13.6. The number of nitrogens with zero attached hydrogens (tertiary/aromatic N) is 2. The molecule has 4 nitrogen and oxygen atoms in total. The predicted molar refractivity (Wildman–Crippen MR) is 112 cm³/mol. The summed E-state index contributed by atoms with van der Waals surface area (Å²) >= 11 is 5.89. The molecule has 1 atom stereocenters. The van der Waals surface area contributed by atoms with Crippen molar-refractivity contribution < 1.29 is 9.59 Å². The van der Waals surface area contributed by atoms with Gasteiger partial charge in [-0.25, -0.2) is 0 Å². The van der Waals surface area contributed by atoms with Crippen molar-refractivity contribution >= 4 is 23.4 Å². The van der Waals surface area contributed by atoms with Gasteiger partial charge in [0, 0.05) is 31.2 Å². The second kappa shape index (κ2) is 9.74. The van der Waals surface area contributed by atoms with Crippen molar-refractivity contribution in [1.82, 2.24) is 9.80 Å². The molecule has 3 rings (SSSR count). The Hall–Kier alpha value is -2.33. The number of benzene rings is 2. The molecule has 0 spiro atoms. The number of rotatable bonds is 5. The highest BCUT2D eigenvalue weighted by molar-refractivity contribution is 6.27. The minimum atomic E-state index is -0.0474. The zero-order valence-corrected chi connectivity index (χ0v) is 17.1. The maximum absolute atomic E-state index is 12.8. The number of halogens is 1. The zero-order chi connectivity index (χ0) is 19.9. The topological polar surface area (TPSA) is 40.6 Å². The van der Waals surface area contributed by atoms with Crippen molar-refractivity contribution in [3.63, 3.8) is 0 Å². The highest BCUT2D eigenvalue weighted by atomic mass is 35.5. The molecule has 2 amide bonds. The van der Waals surface area contributed by atoms with Crippen LogP contribution >= 0.6 is 11.6 Å². The second-order valence-corrected chi connectivity index (χ2v) is 7.65. The number of carbonyl (C=O) groups excluding carboxylic acids is 2. The summed E-state index contributed by atoms with van der Waals surface area (Å²) in [5.41, 5.74) is 2.96. The minimum Gasteiger partial charge on any atom is -0.339 e. The van der Waals surface area contributed by atoms with Crippen LogP contribution < -0.4 is 0 Å². The number of amides is 2. The van der Waals surface area contributed by atoms with E-state index in [1.807, 2.05) is 71.3 Å². The van der Waals surface area contributed by atoms with Crippen LogP contribution in [0.4, 0.5) is 0 Å². The first-order valence-corrected chi connectivity index (χ1v) is 10.4. The van der Waals surface area contributed by atoms with Gasteiger partial charge in [0.1, 0.15) is 5.88 Å². The summed E-state index contributed by atoms with van der Waals surface area (Å²) in [7, 11) is 0. The van der Waals surface area contributed by atoms with Crippen molar-refractivity contribution in [3.8, 4) is 0 Å². The van der Waals surface area contributed by atoms with Crippen LogP contribution in [0.25, 0.3) is 0 Å². The van der Waals surface area contributed by atoms with Crippen molar-refractivity contribution in [1.29, 1.82) is 0 Å². The monoisotopic (exact) mass is 398 g/mol. The summed E-state index contributed by atoms with van der Waals surface area (Å²) < 4.78 is 0. The lowest BCUT2D eigenvalue weighted by molar-refractivity contribution is -0.131. The molecular weight excluding hydrogens is 372 g/mol. The molecule has 2 aromatic rings. The molecule has 5 heteroatoms. The van der Waals surface area contributed by atoms with Crippen LogP contribution in [0.15, 0.2) is 54.6 Å². The van der Waals surface area contributed by atoms with Crippen molar-refractivity contribution in [2.75, 3.05) is 19.0 Å². The third kappa shape index (κ3) is 5.14. The Morgan fingerprint density at radius 1 is 1.04 bits per heavy atom. The maximum Gasteiger partial charge on any atom is 0.253 e. The number of aryl methyl sites for hydroxylation is 1. The minimum absolute atomic E-state index is 0.0185. The van der Waals surface area contributed by atoms with Gasteiger partial charge in [0.2, 0.25) is 5.91 Å². The third-order valence-corrected chi connectivity index (χ3v) is 5.58. The van der Waals surface area contributed by atoms with E-state index in [1.165, 1.54) is 0 Å². The van der Waals surface area contributed by atoms with Crippen LogP contribution in [0.2, 0.25) is 0 Å². The molecule has 1 unspecified atom stereocenters. The highest BCUT2D eigenvalue weighted by Crippen LogP contribution is 2.21. The Morgan fingerprint density at radius 3 is 2.43 bits per heavy atom. The van der Waals surface area contributed by atoms with Crippen molar-refractivity contribution in [2.24, 2.45) is 0 Å². The Morgan fingerprint density at radius 2 is 1.75 bits per heavy atom. The van der Waals surface area contributed by atoms with Gasteiger partial charge >= 0.3 is 0 Å². The summed E-state index contributed by atoms with van der Waals surface area (Å²) in [4.78, 5) is 29.2. The van der Waals surface area contributed by atoms with Gasteiger partial charge in [-0.15, -0.1) is 11.6 Å². The lowest BCUT2D eigenvalue weighted by atomic mass is 10.1. The van der Waals surface area contributed by atoms with Crippen LogP contribution in [0.1, 0.15) is 40.7 Å². The molecule has 0 aliphatic carbocycles. The van der Waals surface area contributed by atoms with Gasteiger partial charge in [0.15, 0.2) is 0 Å². The van der Waals surface area contributed by atoms with E-state index >= 15 is 0 Å². The van der Waals surface area contributed by atoms with Crippen molar-refractivity contribution in [2.45, 2.75) is 38.8 Å². The second-order valence-electron chi connectivity index (χ2n) is 7.38. The van der Waals surface area contributed by atoms with E-state index in [9.17, 15) is 9.59 Å². The zero-order valence-electron chi connectivity index (χ0n) is 16.3. The first-order valence-electron chi connectivity index (χ1n) is 9.84. The largest absolute Gasteiger partial charge is 0.339 e. The molecule has 0 aromatic heterocycles. The lowest BCUT2D eigenvalue weighted by Gasteiger charge is -2.31. The van der Waals surface area contributed by atoms with Crippen LogP contribution in [0.5, 0.6) is 0 Å². The van der Waals surface area contributed by atoms with Crippen molar-refractivity contribution in [3.05, 3.63) is 71.3 Å². The Kier molecular flexibility index (Phi) is 7.10. The van der Waals surface area contributed by atoms with Gasteiger partial charge in [-0.3, -0.25) is 9.59 Å². The Bertz CT molecular complexity index is 792. The third-order valence-electron chi connectivity index (χ3n) is 5.35. The van der Waals surface area contributed by atoms with Crippen LogP contribution in [-0.4, -0.2) is 46.6 Å². The smallest absolute Gasteiger partial charge is 0.253 e. The average Bonchev–Trinajstić information content (AvgIpc) is 2.98. The van der Waals surface area contributed by atoms with Gasteiger partial charge in [0.25, 0.3) is 5.91 Å². The molecule has 1 fully saturated rings. The first kappa shape index (κ1) is 20.4. The van der Waals surface area contributed by atoms with Crippen LogP contribution in [0, 0.1) is 6.92 Å². The molecule has 2 aromatic carbocycles. The summed E-state index contributed by atoms with van der Waals surface area (Å²) in [5, 5.41) is 0. The summed E-state index contributed by atoms with van der Waals surface area (Å²) in [6, 6.07) is 17.8. The van der Waals surface area contributed by atoms with E-state index in [4.69, 9.17) is 11.6 Å². The number of hydrogen-bond acceptors (Lipinski definition) is 2. The van der Waals surface area contributed by atoms with Gasteiger partial charge < -0.3 is 9.80 Å². The average molecular weight is 399 g/mol. The molecular formula is C23H27ClN2O2. The molecule has 1 heterocycles. The fraction of sp³-hybridized carbons (Fsp3) is 0.391. The number of likely N-dealkylation sites (tertiary alicyclic amines) is 1. The molecule has 0 bridgehead atoms. The molecule has 1 aliphatic rings. The SMILES string of the molecule is Cc1ccc(C(=O)N2CCCC(N(Cc3ccccc3)C(=O)CCl)CC2)cc1. The van der Waals surface area contributed by atoms with Gasteiger partial charge in [-0.1, -0.05) is 48.0 Å². The Balaban J connectivity index is 1.68. The van der Waals surface area contributed by atoms with Gasteiger partial charge in [-0.05, 0) is 43.9 Å². The molecule has 1 aliphatic heterocycles. The lowest BCUT2D eigenvalue weighted by Crippen LogP contribution is -2.41. The van der Waals surface area contributed by atoms with Gasteiger partial charge in [0.05, 0.1) is 0 Å². The van der Waals surface area contributed by atoms with E-state index in [2.05, 4.69) is 0 Å². The van der Waals surface area contributed by atoms with E-state index in [1.54, 1.807) is 0 Å². The molecule has 0 saturated carbocycles. The molecule has 1 saturated heterocycles. The number of hydrogen-bond donors (Lipinski definition) is 0.